The second-order valence-electron chi connectivity index (χ2n) is 7.29. The van der Waals surface area contributed by atoms with Gasteiger partial charge >= 0.3 is 0 Å². The summed E-state index contributed by atoms with van der Waals surface area (Å²) in [6, 6.07) is 21.4. The van der Waals surface area contributed by atoms with Gasteiger partial charge in [0.1, 0.15) is 0 Å². The predicted molar refractivity (Wildman–Crippen MR) is 117 cm³/mol. The molecule has 0 saturated heterocycles. The van der Waals surface area contributed by atoms with Crippen LogP contribution in [0.2, 0.25) is 0 Å². The van der Waals surface area contributed by atoms with Gasteiger partial charge in [-0.3, -0.25) is 14.6 Å². The van der Waals surface area contributed by atoms with E-state index in [2.05, 4.69) is 15.2 Å². The Morgan fingerprint density at radius 2 is 1.44 bits per heavy atom. The number of hydrogen-bond donors (Lipinski definition) is 0. The zero-order valence-corrected chi connectivity index (χ0v) is 16.6. The van der Waals surface area contributed by atoms with Gasteiger partial charge in [-0.15, -0.1) is 10.2 Å². The fraction of sp³-hybridized carbons (Fsp3) is 0. The third-order valence-electron chi connectivity index (χ3n) is 5.40. The molecule has 8 heteroatoms. The highest BCUT2D eigenvalue weighted by molar-refractivity contribution is 6.34. The van der Waals surface area contributed by atoms with Crippen molar-refractivity contribution in [2.45, 2.75) is 0 Å². The van der Waals surface area contributed by atoms with Gasteiger partial charge in [-0.25, -0.2) is 4.90 Å². The van der Waals surface area contributed by atoms with Gasteiger partial charge < -0.3 is 0 Å². The minimum absolute atomic E-state index is 0.329. The van der Waals surface area contributed by atoms with Crippen LogP contribution in [0, 0.1) is 0 Å². The number of rotatable bonds is 3. The van der Waals surface area contributed by atoms with Crippen molar-refractivity contribution in [1.82, 2.24) is 24.8 Å². The summed E-state index contributed by atoms with van der Waals surface area (Å²) >= 11 is 0. The van der Waals surface area contributed by atoms with Gasteiger partial charge in [-0.05, 0) is 48.5 Å². The maximum atomic E-state index is 12.9. The topological polar surface area (TPSA) is 93.4 Å². The molecule has 4 heterocycles. The van der Waals surface area contributed by atoms with Crippen LogP contribution in [-0.2, 0) is 0 Å². The van der Waals surface area contributed by atoms with Gasteiger partial charge in [0.25, 0.3) is 11.8 Å². The molecule has 0 atom stereocenters. The summed E-state index contributed by atoms with van der Waals surface area (Å²) < 4.78 is 1.67. The normalized spacial score (nSPS) is 13.1. The highest BCUT2D eigenvalue weighted by atomic mass is 16.2. The first-order chi connectivity index (χ1) is 15.7. The van der Waals surface area contributed by atoms with Crippen molar-refractivity contribution >= 4 is 23.1 Å². The third-order valence-corrected chi connectivity index (χ3v) is 5.40. The van der Waals surface area contributed by atoms with Crippen molar-refractivity contribution in [1.29, 1.82) is 0 Å². The van der Waals surface area contributed by atoms with E-state index in [-0.39, 0.29) is 11.8 Å². The molecule has 5 aromatic rings. The van der Waals surface area contributed by atoms with Crippen LogP contribution in [0.4, 0.5) is 5.69 Å². The third kappa shape index (κ3) is 2.70. The largest absolute Gasteiger partial charge is 0.268 e. The van der Waals surface area contributed by atoms with Gasteiger partial charge in [-0.1, -0.05) is 24.3 Å². The fourth-order valence-electron chi connectivity index (χ4n) is 3.85. The minimum atomic E-state index is -0.329. The Hall–Kier alpha value is -4.72. The van der Waals surface area contributed by atoms with Crippen LogP contribution in [-0.4, -0.2) is 36.6 Å². The molecule has 32 heavy (non-hydrogen) atoms. The zero-order valence-electron chi connectivity index (χ0n) is 16.6. The van der Waals surface area contributed by atoms with E-state index in [1.165, 1.54) is 4.90 Å². The molecule has 8 nitrogen and oxygen atoms in total. The van der Waals surface area contributed by atoms with Gasteiger partial charge in [0.05, 0.1) is 22.5 Å². The maximum absolute atomic E-state index is 12.9. The predicted octanol–water partition coefficient (Wildman–Crippen LogP) is 3.65. The number of nitrogens with zero attached hydrogens (tertiary/aromatic N) is 6. The number of pyridine rings is 1. The number of benzene rings is 2. The molecule has 152 valence electrons. The molecule has 0 saturated carbocycles. The van der Waals surface area contributed by atoms with E-state index < -0.39 is 0 Å². The first kappa shape index (κ1) is 18.1. The van der Waals surface area contributed by atoms with Gasteiger partial charge in [0.2, 0.25) is 0 Å². The average Bonchev–Trinajstić information content (AvgIpc) is 3.38. The number of carbonyl (C=O) groups is 2. The summed E-state index contributed by atoms with van der Waals surface area (Å²) in [5.41, 5.74) is 4.19. The van der Waals surface area contributed by atoms with Crippen LogP contribution in [0.25, 0.3) is 28.3 Å². The Balaban J connectivity index is 1.42. The van der Waals surface area contributed by atoms with Crippen molar-refractivity contribution in [3.05, 3.63) is 96.3 Å². The lowest BCUT2D eigenvalue weighted by molar-refractivity contribution is 0.0926. The summed E-state index contributed by atoms with van der Waals surface area (Å²) in [6.07, 6.45) is 3.37. The molecule has 1 aliphatic rings. The van der Waals surface area contributed by atoms with E-state index in [9.17, 15) is 9.59 Å². The number of amides is 2. The Labute approximate surface area is 181 Å². The van der Waals surface area contributed by atoms with Crippen molar-refractivity contribution in [3.8, 4) is 22.6 Å². The lowest BCUT2D eigenvalue weighted by atomic mass is 10.1. The lowest BCUT2D eigenvalue weighted by Crippen LogP contribution is -2.29. The summed E-state index contributed by atoms with van der Waals surface area (Å²) in [4.78, 5) is 31.0. The molecule has 0 radical (unpaired) electrons. The molecule has 2 aromatic carbocycles. The number of anilines is 1. The van der Waals surface area contributed by atoms with Crippen molar-refractivity contribution in [2.75, 3.05) is 4.90 Å². The lowest BCUT2D eigenvalue weighted by Gasteiger charge is -2.15. The van der Waals surface area contributed by atoms with Crippen LogP contribution < -0.4 is 4.90 Å². The Bertz CT molecular complexity index is 1490. The molecule has 0 aliphatic carbocycles. The summed E-state index contributed by atoms with van der Waals surface area (Å²) in [5.74, 6) is -0.0596. The highest BCUT2D eigenvalue weighted by Crippen LogP contribution is 2.31. The number of carbonyl (C=O) groups excluding carboxylic acids is 2. The van der Waals surface area contributed by atoms with E-state index in [1.54, 1.807) is 59.4 Å². The van der Waals surface area contributed by atoms with Gasteiger partial charge in [0.15, 0.2) is 11.5 Å². The molecule has 2 amide bonds. The van der Waals surface area contributed by atoms with E-state index in [0.717, 1.165) is 11.1 Å². The second kappa shape index (κ2) is 6.92. The van der Waals surface area contributed by atoms with Crippen LogP contribution in [0.1, 0.15) is 20.7 Å². The van der Waals surface area contributed by atoms with Crippen LogP contribution in [0.5, 0.6) is 0 Å². The van der Waals surface area contributed by atoms with Crippen molar-refractivity contribution in [2.24, 2.45) is 0 Å². The smallest absolute Gasteiger partial charge is 0.266 e. The Morgan fingerprint density at radius 3 is 2.19 bits per heavy atom. The SMILES string of the molecule is O=C1c2ccccc2C(=O)N1c1cccc(-c2ccc3nnc(-c4ccncc4)n3n2)c1. The van der Waals surface area contributed by atoms with Crippen LogP contribution in [0.3, 0.4) is 0 Å². The van der Waals surface area contributed by atoms with Crippen molar-refractivity contribution < 1.29 is 9.59 Å². The quantitative estimate of drug-likeness (QED) is 0.415. The first-order valence-corrected chi connectivity index (χ1v) is 9.92. The van der Waals surface area contributed by atoms with E-state index >= 15 is 0 Å². The zero-order chi connectivity index (χ0) is 21.7. The molecule has 0 unspecified atom stereocenters. The Kier molecular flexibility index (Phi) is 3.91. The van der Waals surface area contributed by atoms with E-state index in [0.29, 0.717) is 34.0 Å². The number of hydrogen-bond acceptors (Lipinski definition) is 6. The molecule has 0 N–H and O–H groups in total. The minimum Gasteiger partial charge on any atom is -0.268 e. The monoisotopic (exact) mass is 418 g/mol. The van der Waals surface area contributed by atoms with E-state index in [1.807, 2.05) is 30.3 Å². The molecule has 0 spiro atoms. The van der Waals surface area contributed by atoms with Crippen LogP contribution >= 0.6 is 0 Å². The molecule has 3 aromatic heterocycles. The van der Waals surface area contributed by atoms with Gasteiger partial charge in [0, 0.05) is 23.5 Å². The second-order valence-corrected chi connectivity index (χ2v) is 7.29. The number of aromatic nitrogens is 5. The first-order valence-electron chi connectivity index (χ1n) is 9.92. The Morgan fingerprint density at radius 1 is 0.688 bits per heavy atom. The number of imide groups is 1. The summed E-state index contributed by atoms with van der Waals surface area (Å²) in [5, 5.41) is 13.1. The molecule has 1 aliphatic heterocycles. The van der Waals surface area contributed by atoms with Crippen LogP contribution in [0.15, 0.2) is 85.2 Å². The summed E-state index contributed by atoms with van der Waals surface area (Å²) in [6.45, 7) is 0. The van der Waals surface area contributed by atoms with Crippen molar-refractivity contribution in [3.63, 3.8) is 0 Å². The fourth-order valence-corrected chi connectivity index (χ4v) is 3.85. The molecular weight excluding hydrogens is 404 g/mol. The molecular formula is C24H14N6O2. The highest BCUT2D eigenvalue weighted by Gasteiger charge is 2.36. The maximum Gasteiger partial charge on any atom is 0.266 e. The van der Waals surface area contributed by atoms with E-state index in [4.69, 9.17) is 5.10 Å². The number of fused-ring (bicyclic) bond motifs is 2. The average molecular weight is 418 g/mol. The summed E-state index contributed by atoms with van der Waals surface area (Å²) in [7, 11) is 0. The molecule has 0 bridgehead atoms. The molecule has 0 fully saturated rings. The standard InChI is InChI=1S/C24H14N6O2/c31-23-18-6-1-2-7-19(18)24(32)29(23)17-5-3-4-16(14-17)20-8-9-21-26-27-22(30(21)28-20)15-10-12-25-13-11-15/h1-14H. The molecule has 6 rings (SSSR count). The van der Waals surface area contributed by atoms with Gasteiger partial charge in [-0.2, -0.15) is 9.61 Å².